The van der Waals surface area contributed by atoms with Gasteiger partial charge in [-0.25, -0.2) is 13.6 Å². The Morgan fingerprint density at radius 3 is 2.25 bits per heavy atom. The number of hydrogen-bond acceptors (Lipinski definition) is 4. The van der Waals surface area contributed by atoms with Crippen molar-refractivity contribution in [1.82, 2.24) is 10.2 Å². The van der Waals surface area contributed by atoms with E-state index < -0.39 is 16.1 Å². The highest BCUT2D eigenvalue weighted by atomic mass is 32.2. The van der Waals surface area contributed by atoms with E-state index in [0.717, 1.165) is 21.9 Å². The summed E-state index contributed by atoms with van der Waals surface area (Å²) in [6.07, 6.45) is 1.38. The highest BCUT2D eigenvalue weighted by Gasteiger charge is 2.27. The summed E-state index contributed by atoms with van der Waals surface area (Å²) in [5.41, 5.74) is 2.11. The van der Waals surface area contributed by atoms with Gasteiger partial charge in [0.25, 0.3) is 0 Å². The van der Waals surface area contributed by atoms with Gasteiger partial charge in [0.05, 0.1) is 11.8 Å². The molecule has 0 heterocycles. The van der Waals surface area contributed by atoms with Crippen LogP contribution in [-0.2, 0) is 27.7 Å². The molecule has 0 spiro atoms. The second-order valence-corrected chi connectivity index (χ2v) is 9.91. The van der Waals surface area contributed by atoms with Crippen molar-refractivity contribution in [3.63, 3.8) is 0 Å². The molecular formula is C25H31N3O3S. The number of rotatable bonds is 10. The number of nitrogens with two attached hydrogens (primary N) is 1. The molecule has 2 atom stereocenters. The maximum Gasteiger partial charge on any atom is 0.240 e. The number of amides is 1. The highest BCUT2D eigenvalue weighted by Crippen LogP contribution is 2.18. The second kappa shape index (κ2) is 10.7. The van der Waals surface area contributed by atoms with Gasteiger partial charge in [0.1, 0.15) is 0 Å². The van der Waals surface area contributed by atoms with Gasteiger partial charge in [-0.15, -0.1) is 0 Å². The molecule has 0 aliphatic rings. The van der Waals surface area contributed by atoms with Crippen molar-refractivity contribution < 1.29 is 13.2 Å². The maximum atomic E-state index is 13.4. The van der Waals surface area contributed by atoms with Crippen LogP contribution in [0.15, 0.2) is 72.8 Å². The fourth-order valence-electron chi connectivity index (χ4n) is 3.96. The molecule has 0 bridgehead atoms. The minimum absolute atomic E-state index is 0.0731. The van der Waals surface area contributed by atoms with E-state index in [4.69, 9.17) is 5.14 Å². The molecule has 7 heteroatoms. The first-order valence-corrected chi connectivity index (χ1v) is 12.4. The number of sulfonamides is 1. The third-order valence-corrected chi connectivity index (χ3v) is 6.65. The number of fused-ring (bicyclic) bond motifs is 1. The van der Waals surface area contributed by atoms with Crippen molar-refractivity contribution >= 4 is 26.7 Å². The van der Waals surface area contributed by atoms with Crippen LogP contribution in [0, 0.1) is 0 Å². The normalized spacial score (nSPS) is 13.6. The molecule has 32 heavy (non-hydrogen) atoms. The predicted molar refractivity (Wildman–Crippen MR) is 130 cm³/mol. The zero-order valence-electron chi connectivity index (χ0n) is 18.6. The largest absolute Gasteiger partial charge is 0.341 e. The van der Waals surface area contributed by atoms with Gasteiger partial charge in [0.2, 0.25) is 15.9 Å². The topological polar surface area (TPSA) is 92.5 Å². The van der Waals surface area contributed by atoms with Crippen molar-refractivity contribution in [3.8, 4) is 0 Å². The lowest BCUT2D eigenvalue weighted by molar-refractivity contribution is -0.134. The van der Waals surface area contributed by atoms with Crippen LogP contribution in [0.1, 0.15) is 17.5 Å². The van der Waals surface area contributed by atoms with E-state index in [1.165, 1.54) is 0 Å². The van der Waals surface area contributed by atoms with Crippen molar-refractivity contribution in [2.45, 2.75) is 31.3 Å². The molecule has 0 saturated carbocycles. The number of nitrogens with zero attached hydrogens (tertiary/aromatic N) is 1. The molecule has 0 aliphatic heterocycles. The standard InChI is InChI=1S/C25H31N3O3S/c1-27-24(18-20-12-13-21-10-6-7-11-22(21)16-20)25(29)28(2)23(14-15-32(26,30)31)17-19-8-4-3-5-9-19/h3-13,16,23-24,27H,14-15,17-18H2,1-2H3,(H2,26,30,31)/t23-,24-/m1/s1. The Hall–Kier alpha value is -2.74. The van der Waals surface area contributed by atoms with Crippen LogP contribution in [0.5, 0.6) is 0 Å². The van der Waals surface area contributed by atoms with E-state index >= 15 is 0 Å². The number of carbonyl (C=O) groups excluding carboxylic acids is 1. The molecule has 170 valence electrons. The SMILES string of the molecule is CN[C@H](Cc1ccc2ccccc2c1)C(=O)N(C)[C@H](CCS(N)(=O)=O)Cc1ccccc1. The van der Waals surface area contributed by atoms with Crippen molar-refractivity contribution in [2.75, 3.05) is 19.8 Å². The molecule has 3 rings (SSSR count). The lowest BCUT2D eigenvalue weighted by atomic mass is 9.99. The molecule has 0 unspecified atom stereocenters. The average Bonchev–Trinajstić information content (AvgIpc) is 2.79. The smallest absolute Gasteiger partial charge is 0.240 e. The lowest BCUT2D eigenvalue weighted by Crippen LogP contribution is -2.49. The summed E-state index contributed by atoms with van der Waals surface area (Å²) in [5, 5.41) is 10.7. The molecular weight excluding hydrogens is 422 g/mol. The van der Waals surface area contributed by atoms with Gasteiger partial charge < -0.3 is 10.2 Å². The van der Waals surface area contributed by atoms with Crippen LogP contribution in [0.3, 0.4) is 0 Å². The summed E-state index contributed by atoms with van der Waals surface area (Å²) >= 11 is 0. The van der Waals surface area contributed by atoms with Crippen LogP contribution in [0.2, 0.25) is 0 Å². The van der Waals surface area contributed by atoms with E-state index in [0.29, 0.717) is 12.8 Å². The maximum absolute atomic E-state index is 13.4. The molecule has 6 nitrogen and oxygen atoms in total. The summed E-state index contributed by atoms with van der Waals surface area (Å²) < 4.78 is 23.2. The molecule has 3 aromatic rings. The van der Waals surface area contributed by atoms with E-state index in [2.05, 4.69) is 29.6 Å². The van der Waals surface area contributed by atoms with Gasteiger partial charge >= 0.3 is 0 Å². The Bertz CT molecular complexity index is 1150. The number of likely N-dealkylation sites (N-methyl/N-ethyl adjacent to an activating group) is 2. The molecule has 0 aliphatic carbocycles. The number of nitrogens with one attached hydrogen (secondary N) is 1. The van der Waals surface area contributed by atoms with Gasteiger partial charge in [-0.3, -0.25) is 4.79 Å². The average molecular weight is 454 g/mol. The third kappa shape index (κ3) is 6.63. The number of primary sulfonamides is 1. The molecule has 3 N–H and O–H groups in total. The zero-order valence-corrected chi connectivity index (χ0v) is 19.4. The summed E-state index contributed by atoms with van der Waals surface area (Å²) in [4.78, 5) is 15.0. The van der Waals surface area contributed by atoms with Gasteiger partial charge in [0.15, 0.2) is 0 Å². The van der Waals surface area contributed by atoms with E-state index in [1.54, 1.807) is 19.0 Å². The van der Waals surface area contributed by atoms with Gasteiger partial charge in [0, 0.05) is 13.1 Å². The Labute approximate surface area is 190 Å². The first-order valence-electron chi connectivity index (χ1n) is 10.7. The fourth-order valence-corrected chi connectivity index (χ4v) is 4.56. The molecule has 3 aromatic carbocycles. The number of carbonyl (C=O) groups is 1. The molecule has 0 radical (unpaired) electrons. The molecule has 0 saturated heterocycles. The van der Waals surface area contributed by atoms with E-state index in [9.17, 15) is 13.2 Å². The number of hydrogen-bond donors (Lipinski definition) is 2. The minimum atomic E-state index is -3.62. The van der Waals surface area contributed by atoms with Crippen molar-refractivity contribution in [2.24, 2.45) is 5.14 Å². The van der Waals surface area contributed by atoms with Crippen LogP contribution >= 0.6 is 0 Å². The van der Waals surface area contributed by atoms with Crippen molar-refractivity contribution in [1.29, 1.82) is 0 Å². The van der Waals surface area contributed by atoms with Crippen LogP contribution in [-0.4, -0.2) is 51.2 Å². The Balaban J connectivity index is 1.77. The molecule has 0 aromatic heterocycles. The fraction of sp³-hybridized carbons (Fsp3) is 0.320. The van der Waals surface area contributed by atoms with Crippen LogP contribution in [0.25, 0.3) is 10.8 Å². The Kier molecular flexibility index (Phi) is 8.01. The van der Waals surface area contributed by atoms with Gasteiger partial charge in [-0.2, -0.15) is 0 Å². The quantitative estimate of drug-likeness (QED) is 0.494. The first-order chi connectivity index (χ1) is 15.3. The van der Waals surface area contributed by atoms with Crippen molar-refractivity contribution in [3.05, 3.63) is 83.9 Å². The first kappa shape index (κ1) is 23.9. The summed E-state index contributed by atoms with van der Waals surface area (Å²) in [6.45, 7) is 0. The molecule has 0 fully saturated rings. The lowest BCUT2D eigenvalue weighted by Gasteiger charge is -2.31. The number of benzene rings is 3. The highest BCUT2D eigenvalue weighted by molar-refractivity contribution is 7.89. The Morgan fingerprint density at radius 1 is 0.938 bits per heavy atom. The summed E-state index contributed by atoms with van der Waals surface area (Å²) in [5.74, 6) is -0.243. The Morgan fingerprint density at radius 2 is 1.59 bits per heavy atom. The minimum Gasteiger partial charge on any atom is -0.341 e. The monoisotopic (exact) mass is 453 g/mol. The third-order valence-electron chi connectivity index (χ3n) is 5.85. The van der Waals surface area contributed by atoms with Gasteiger partial charge in [-0.1, -0.05) is 72.8 Å². The van der Waals surface area contributed by atoms with E-state index in [1.807, 2.05) is 48.5 Å². The van der Waals surface area contributed by atoms with Crippen LogP contribution < -0.4 is 10.5 Å². The van der Waals surface area contributed by atoms with Gasteiger partial charge in [-0.05, 0) is 48.2 Å². The second-order valence-electron chi connectivity index (χ2n) is 8.18. The van der Waals surface area contributed by atoms with E-state index in [-0.39, 0.29) is 24.1 Å². The summed E-state index contributed by atoms with van der Waals surface area (Å²) in [6, 6.07) is 23.4. The van der Waals surface area contributed by atoms with Crippen LogP contribution in [0.4, 0.5) is 0 Å². The zero-order chi connectivity index (χ0) is 23.1. The summed E-state index contributed by atoms with van der Waals surface area (Å²) in [7, 11) is -0.108. The molecule has 1 amide bonds. The predicted octanol–water partition coefficient (Wildman–Crippen LogP) is 2.72.